The number of fused-ring (bicyclic) bond motifs is 5. The summed E-state index contributed by atoms with van der Waals surface area (Å²) in [5.41, 5.74) is -3.49. The zero-order valence-corrected chi connectivity index (χ0v) is 36.7. The van der Waals surface area contributed by atoms with Gasteiger partial charge in [0.15, 0.2) is 12.6 Å². The van der Waals surface area contributed by atoms with Crippen LogP contribution < -0.4 is 0 Å². The largest absolute Gasteiger partial charge is 0.463 e. The van der Waals surface area contributed by atoms with Crippen molar-refractivity contribution in [1.82, 2.24) is 0 Å². The van der Waals surface area contributed by atoms with E-state index < -0.39 is 120 Å². The van der Waals surface area contributed by atoms with Crippen LogP contribution >= 0.6 is 0 Å². The first-order valence-corrected chi connectivity index (χ1v) is 22.1. The van der Waals surface area contributed by atoms with Crippen LogP contribution in [0.5, 0.6) is 0 Å². The Bertz CT molecular complexity index is 1540. The summed E-state index contributed by atoms with van der Waals surface area (Å²) < 4.78 is 37.5. The Morgan fingerprint density at radius 3 is 2.08 bits per heavy atom. The van der Waals surface area contributed by atoms with Gasteiger partial charge < -0.3 is 69.3 Å². The Kier molecular flexibility index (Phi) is 12.1. The van der Waals surface area contributed by atoms with E-state index in [9.17, 15) is 45.6 Å². The number of rotatable bonds is 8. The Balaban J connectivity index is 1.27. The molecule has 340 valence electrons. The lowest BCUT2D eigenvalue weighted by Crippen LogP contribution is -2.71. The number of ether oxygens (including phenoxy) is 6. The van der Waals surface area contributed by atoms with Crippen LogP contribution in [-0.4, -0.2) is 150 Å². The summed E-state index contributed by atoms with van der Waals surface area (Å²) in [6, 6.07) is 0. The van der Waals surface area contributed by atoms with E-state index in [0.29, 0.717) is 25.7 Å². The van der Waals surface area contributed by atoms with Gasteiger partial charge in [0, 0.05) is 6.92 Å². The topological polar surface area (TPSA) is 234 Å². The number of esters is 1. The van der Waals surface area contributed by atoms with Crippen molar-refractivity contribution in [2.24, 2.45) is 45.3 Å². The average molecular weight is 843 g/mol. The SMILES string of the molecule is CC(=O)OC[C@H]1O[C@@H](O[C@H]2C[C@]3(C)[C@H](C[C@@H](O)[C@@H]4[C@@H]([C@]5(C)CC[C@@H](C(C)(C)O)O5)CC[C@]43C)[C@@]3(C)CC[C@H](O)C(C)(C)[C@H]23)[C@H](O[C@@H]2O[C@H](C)[C@@H](O)[C@H](O)[C@@H]2O)[C@@H](O)[C@@H]1O. The van der Waals surface area contributed by atoms with Crippen molar-refractivity contribution in [1.29, 1.82) is 0 Å². The van der Waals surface area contributed by atoms with Crippen LogP contribution in [0.15, 0.2) is 0 Å². The van der Waals surface area contributed by atoms with Crippen LogP contribution in [0.25, 0.3) is 0 Å². The number of carbonyl (C=O) groups excluding carboxylic acids is 1. The van der Waals surface area contributed by atoms with Crippen molar-refractivity contribution < 1.29 is 74.1 Å². The molecular formula is C44H74O15. The molecule has 4 saturated carbocycles. The fourth-order valence-corrected chi connectivity index (χ4v) is 14.3. The summed E-state index contributed by atoms with van der Waals surface area (Å²) in [6.45, 7) is 19.0. The highest BCUT2D eigenvalue weighted by atomic mass is 16.8. The average Bonchev–Trinajstić information content (AvgIpc) is 3.74. The predicted octanol–water partition coefficient (Wildman–Crippen LogP) is 1.93. The summed E-state index contributed by atoms with van der Waals surface area (Å²) in [7, 11) is 0. The van der Waals surface area contributed by atoms with Crippen molar-refractivity contribution in [2.45, 2.75) is 218 Å². The maximum absolute atomic E-state index is 12.4. The lowest BCUT2D eigenvalue weighted by atomic mass is 9.34. The second kappa shape index (κ2) is 15.6. The monoisotopic (exact) mass is 843 g/mol. The molecule has 22 atom stereocenters. The maximum Gasteiger partial charge on any atom is 0.302 e. The highest BCUT2D eigenvalue weighted by Gasteiger charge is 2.74. The van der Waals surface area contributed by atoms with E-state index in [1.165, 1.54) is 13.8 Å². The Hall–Kier alpha value is -1.05. The van der Waals surface area contributed by atoms with Crippen molar-refractivity contribution in [3.63, 3.8) is 0 Å². The Morgan fingerprint density at radius 1 is 0.780 bits per heavy atom. The van der Waals surface area contributed by atoms with Gasteiger partial charge in [-0.15, -0.1) is 0 Å². The summed E-state index contributed by atoms with van der Waals surface area (Å²) in [4.78, 5) is 11.9. The molecular weight excluding hydrogens is 768 g/mol. The van der Waals surface area contributed by atoms with E-state index in [1.54, 1.807) is 13.8 Å². The molecule has 3 heterocycles. The van der Waals surface area contributed by atoms with E-state index in [0.717, 1.165) is 25.7 Å². The van der Waals surface area contributed by atoms with Crippen LogP contribution in [-0.2, 0) is 33.2 Å². The molecule has 0 aromatic carbocycles. The van der Waals surface area contributed by atoms with E-state index in [-0.39, 0.29) is 35.2 Å². The number of hydrogen-bond acceptors (Lipinski definition) is 15. The highest BCUT2D eigenvalue weighted by molar-refractivity contribution is 5.65. The molecule has 8 N–H and O–H groups in total. The first-order chi connectivity index (χ1) is 27.2. The molecule has 7 rings (SSSR count). The van der Waals surface area contributed by atoms with Gasteiger partial charge in [0.2, 0.25) is 0 Å². The molecule has 15 heteroatoms. The molecule has 7 aliphatic rings. The molecule has 3 aliphatic heterocycles. The van der Waals surface area contributed by atoms with Crippen molar-refractivity contribution in [3.8, 4) is 0 Å². The molecule has 0 aromatic rings. The minimum absolute atomic E-state index is 0.0340. The van der Waals surface area contributed by atoms with Gasteiger partial charge in [-0.2, -0.15) is 0 Å². The van der Waals surface area contributed by atoms with Crippen LogP contribution in [0.3, 0.4) is 0 Å². The number of carbonyl (C=O) groups is 1. The molecule has 0 amide bonds. The standard InChI is InChI=1S/C44H74O15/c1-20-30(48)32(50)34(52)37(55-20)58-35-33(51)31(49)25(19-54-21(2)45)57-38(35)56-24-18-43(9)26(41(7)14-12-27(47)39(3,4)36(24)41)17-23(46)29-22(11-15-42(29,43)8)44(10)16-13-28(59-44)40(5,6)53/h20,22-38,46-53H,11-19H2,1-10H3/t20-,22+,23-,24+,25-,26-,27+,28+,29+,30-,31-,32+,33+,34+,35-,36+,37+,38-,41-,42-,43-,44+/m1/s1. The van der Waals surface area contributed by atoms with E-state index in [1.807, 2.05) is 13.8 Å². The molecule has 0 aromatic heterocycles. The number of hydrogen-bond donors (Lipinski definition) is 8. The van der Waals surface area contributed by atoms with E-state index in [4.69, 9.17) is 28.4 Å². The quantitative estimate of drug-likeness (QED) is 0.129. The highest BCUT2D eigenvalue weighted by Crippen LogP contribution is 2.76. The predicted molar refractivity (Wildman–Crippen MR) is 210 cm³/mol. The first kappa shape index (κ1) is 46.0. The Labute approximate surface area is 349 Å². The second-order valence-corrected chi connectivity index (χ2v) is 21.8. The van der Waals surface area contributed by atoms with Gasteiger partial charge >= 0.3 is 5.97 Å². The number of aliphatic hydroxyl groups excluding tert-OH is 7. The van der Waals surface area contributed by atoms with Crippen LogP contribution in [0.4, 0.5) is 0 Å². The van der Waals surface area contributed by atoms with Crippen molar-refractivity contribution >= 4 is 5.97 Å². The lowest BCUT2D eigenvalue weighted by Gasteiger charge is -2.72. The van der Waals surface area contributed by atoms with Crippen molar-refractivity contribution in [3.05, 3.63) is 0 Å². The molecule has 3 saturated heterocycles. The smallest absolute Gasteiger partial charge is 0.302 e. The fraction of sp³-hybridized carbons (Fsp3) is 0.977. The minimum Gasteiger partial charge on any atom is -0.463 e. The van der Waals surface area contributed by atoms with Crippen LogP contribution in [0.1, 0.15) is 121 Å². The molecule has 59 heavy (non-hydrogen) atoms. The van der Waals surface area contributed by atoms with Gasteiger partial charge in [-0.25, -0.2) is 0 Å². The number of aliphatic hydroxyl groups is 8. The molecule has 0 radical (unpaired) electrons. The van der Waals surface area contributed by atoms with Gasteiger partial charge in [0.1, 0.15) is 49.3 Å². The first-order valence-electron chi connectivity index (χ1n) is 22.1. The zero-order chi connectivity index (χ0) is 43.6. The van der Waals surface area contributed by atoms with Gasteiger partial charge in [-0.1, -0.05) is 34.6 Å². The van der Waals surface area contributed by atoms with Crippen molar-refractivity contribution in [2.75, 3.05) is 6.61 Å². The van der Waals surface area contributed by atoms with Gasteiger partial charge in [-0.05, 0) is 124 Å². The Morgan fingerprint density at radius 2 is 1.46 bits per heavy atom. The minimum atomic E-state index is -1.72. The fourth-order valence-electron chi connectivity index (χ4n) is 14.3. The summed E-state index contributed by atoms with van der Waals surface area (Å²) >= 11 is 0. The molecule has 0 spiro atoms. The zero-order valence-electron chi connectivity index (χ0n) is 36.7. The second-order valence-electron chi connectivity index (χ2n) is 21.8. The summed E-state index contributed by atoms with van der Waals surface area (Å²) in [6.07, 6.45) is -11.5. The molecule has 0 bridgehead atoms. The van der Waals surface area contributed by atoms with Crippen LogP contribution in [0.2, 0.25) is 0 Å². The third kappa shape index (κ3) is 7.35. The molecule has 15 nitrogen and oxygen atoms in total. The summed E-state index contributed by atoms with van der Waals surface area (Å²) in [5.74, 6) is -0.947. The summed E-state index contributed by atoms with van der Waals surface area (Å²) in [5, 5.41) is 90.1. The molecule has 7 fully saturated rings. The van der Waals surface area contributed by atoms with Crippen LogP contribution in [0, 0.1) is 45.3 Å². The van der Waals surface area contributed by atoms with Gasteiger partial charge in [0.05, 0.1) is 41.7 Å². The van der Waals surface area contributed by atoms with E-state index in [2.05, 4.69) is 27.7 Å². The third-order valence-corrected chi connectivity index (χ3v) is 17.6. The lowest BCUT2D eigenvalue weighted by molar-refractivity contribution is -0.382. The van der Waals surface area contributed by atoms with Gasteiger partial charge in [0.25, 0.3) is 0 Å². The molecule has 4 aliphatic carbocycles. The third-order valence-electron chi connectivity index (χ3n) is 17.6. The van der Waals surface area contributed by atoms with Gasteiger partial charge in [-0.3, -0.25) is 4.79 Å². The maximum atomic E-state index is 12.4. The normalized spacial score (nSPS) is 54.9. The van der Waals surface area contributed by atoms with E-state index >= 15 is 0 Å². The molecule has 0 unspecified atom stereocenters.